The number of Topliss-reactive ketones (excluding diaryl/α,β-unsaturated/α-hetero) is 1. The molecule has 37 heavy (non-hydrogen) atoms. The number of hydrogen-bond donors (Lipinski definition) is 1. The number of rotatable bonds is 2. The minimum atomic E-state index is -1.84. The molecule has 0 radical (unpaired) electrons. The molecule has 8 atom stereocenters. The lowest BCUT2D eigenvalue weighted by molar-refractivity contribution is -0.302. The van der Waals surface area contributed by atoms with Gasteiger partial charge < -0.3 is 23.8 Å². The molecule has 200 valence electrons. The third-order valence-corrected chi connectivity index (χ3v) is 10.1. The van der Waals surface area contributed by atoms with Gasteiger partial charge >= 0.3 is 5.97 Å². The van der Waals surface area contributed by atoms with Crippen molar-refractivity contribution in [3.63, 3.8) is 0 Å². The fourth-order valence-electron chi connectivity index (χ4n) is 8.24. The lowest BCUT2D eigenvalue weighted by atomic mass is 9.59. The first-order valence-electron chi connectivity index (χ1n) is 13.3. The highest BCUT2D eigenvalue weighted by atomic mass is 16.7. The molecule has 2 unspecified atom stereocenters. The number of esters is 1. The fourth-order valence-corrected chi connectivity index (χ4v) is 8.24. The molecule has 0 amide bonds. The van der Waals surface area contributed by atoms with Crippen molar-refractivity contribution in [3.8, 4) is 0 Å². The fraction of sp³-hybridized carbons (Fsp3) is 0.690. The highest BCUT2D eigenvalue weighted by Crippen LogP contribution is 2.72. The Bertz CT molecular complexity index is 1250. The Hall–Kier alpha value is -2.29. The van der Waals surface area contributed by atoms with Crippen LogP contribution in [0.1, 0.15) is 69.8 Å². The number of fused-ring (bicyclic) bond motifs is 5. The van der Waals surface area contributed by atoms with Gasteiger partial charge in [0.25, 0.3) is 0 Å². The lowest BCUT2D eigenvalue weighted by Gasteiger charge is -2.52. The number of allylic oxidation sites excluding steroid dienone is 1. The van der Waals surface area contributed by atoms with E-state index in [0.717, 1.165) is 12.0 Å². The number of carbonyl (C=O) groups is 2. The molecule has 3 fully saturated rings. The van der Waals surface area contributed by atoms with E-state index in [1.54, 1.807) is 27.7 Å². The van der Waals surface area contributed by atoms with E-state index in [4.69, 9.17) is 18.7 Å². The predicted octanol–water partition coefficient (Wildman–Crippen LogP) is 4.08. The van der Waals surface area contributed by atoms with E-state index in [2.05, 4.69) is 25.9 Å². The third kappa shape index (κ3) is 3.03. The number of aromatic nitrogens is 1. The monoisotopic (exact) mass is 511 g/mol. The van der Waals surface area contributed by atoms with Crippen molar-refractivity contribution in [2.45, 2.75) is 85.4 Å². The molecule has 0 aromatic carbocycles. The summed E-state index contributed by atoms with van der Waals surface area (Å²) in [5.74, 6) is -1.31. The van der Waals surface area contributed by atoms with Gasteiger partial charge in [-0.25, -0.2) is 4.79 Å². The number of aryl methyl sites for hydroxylation is 2. The van der Waals surface area contributed by atoms with Crippen LogP contribution >= 0.6 is 0 Å². The zero-order chi connectivity index (χ0) is 26.9. The average molecular weight is 512 g/mol. The quantitative estimate of drug-likeness (QED) is 0.467. The van der Waals surface area contributed by atoms with Gasteiger partial charge in [-0.3, -0.25) is 4.79 Å². The minimum absolute atomic E-state index is 0.0147. The van der Waals surface area contributed by atoms with E-state index in [9.17, 15) is 14.7 Å². The standard InChI is InChI=1S/C29H37NO7/c1-13-11-28-14(2)9-19-21(26(19,5)6)18(22(28)31)10-17-12-34-27(7,8)36-24(17)29(28,33)23(13)35-25(32)20-15(3)30-37-16(20)4/h10-11,14,18-19,21,23-24,33H,9,12H2,1-8H3/t14?,18-,19+,21-,23-,24+,28?,29+/m0/s1. The van der Waals surface area contributed by atoms with E-state index >= 15 is 0 Å². The van der Waals surface area contributed by atoms with Crippen molar-refractivity contribution < 1.29 is 33.4 Å². The van der Waals surface area contributed by atoms with Gasteiger partial charge in [0, 0.05) is 5.92 Å². The summed E-state index contributed by atoms with van der Waals surface area (Å²) in [6, 6.07) is 0. The molecule has 1 aliphatic heterocycles. The Labute approximate surface area is 217 Å². The summed E-state index contributed by atoms with van der Waals surface area (Å²) < 4.78 is 23.8. The molecule has 8 nitrogen and oxygen atoms in total. The molecule has 1 aromatic rings. The number of hydrogen-bond acceptors (Lipinski definition) is 8. The van der Waals surface area contributed by atoms with Crippen LogP contribution in [-0.4, -0.2) is 52.2 Å². The van der Waals surface area contributed by atoms with Crippen LogP contribution < -0.4 is 0 Å². The molecule has 8 heteroatoms. The Morgan fingerprint density at radius 3 is 2.54 bits per heavy atom. The summed E-state index contributed by atoms with van der Waals surface area (Å²) in [7, 11) is 0. The molecular weight excluding hydrogens is 474 g/mol. The van der Waals surface area contributed by atoms with Crippen LogP contribution in [0.5, 0.6) is 0 Å². The van der Waals surface area contributed by atoms with Gasteiger partial charge in [-0.1, -0.05) is 38.1 Å². The van der Waals surface area contributed by atoms with Crippen LogP contribution in [0.15, 0.2) is 27.8 Å². The maximum atomic E-state index is 14.7. The van der Waals surface area contributed by atoms with Crippen LogP contribution in [0.3, 0.4) is 0 Å². The van der Waals surface area contributed by atoms with Crippen molar-refractivity contribution in [3.05, 3.63) is 40.3 Å². The topological polar surface area (TPSA) is 108 Å². The van der Waals surface area contributed by atoms with E-state index in [1.807, 2.05) is 19.1 Å². The van der Waals surface area contributed by atoms with Gasteiger partial charge in [-0.05, 0) is 75.4 Å². The second kappa shape index (κ2) is 7.42. The summed E-state index contributed by atoms with van der Waals surface area (Å²) in [4.78, 5) is 28.2. The zero-order valence-electron chi connectivity index (χ0n) is 22.9. The molecule has 2 bridgehead atoms. The normalized spacial score (nSPS) is 42.9. The summed E-state index contributed by atoms with van der Waals surface area (Å²) >= 11 is 0. The van der Waals surface area contributed by atoms with Crippen molar-refractivity contribution in [2.24, 2.45) is 34.5 Å². The molecule has 6 rings (SSSR count). The second-order valence-electron chi connectivity index (χ2n) is 13.0. The van der Waals surface area contributed by atoms with Crippen molar-refractivity contribution in [1.82, 2.24) is 5.16 Å². The summed E-state index contributed by atoms with van der Waals surface area (Å²) in [5.41, 5.74) is -1.06. The Morgan fingerprint density at radius 2 is 1.89 bits per heavy atom. The van der Waals surface area contributed by atoms with E-state index in [0.29, 0.717) is 22.9 Å². The zero-order valence-corrected chi connectivity index (χ0v) is 22.9. The van der Waals surface area contributed by atoms with Gasteiger partial charge in [-0.2, -0.15) is 0 Å². The van der Waals surface area contributed by atoms with Crippen molar-refractivity contribution in [2.75, 3.05) is 6.61 Å². The largest absolute Gasteiger partial charge is 0.451 e. The van der Waals surface area contributed by atoms with Crippen LogP contribution in [0.4, 0.5) is 0 Å². The predicted molar refractivity (Wildman–Crippen MR) is 132 cm³/mol. The maximum Gasteiger partial charge on any atom is 0.344 e. The lowest BCUT2D eigenvalue weighted by Crippen LogP contribution is -2.68. The molecule has 1 N–H and O–H groups in total. The molecule has 2 heterocycles. The van der Waals surface area contributed by atoms with Gasteiger partial charge in [-0.15, -0.1) is 0 Å². The number of nitrogens with zero attached hydrogens (tertiary/aromatic N) is 1. The van der Waals surface area contributed by atoms with Crippen LogP contribution in [-0.2, 0) is 19.0 Å². The van der Waals surface area contributed by atoms with Gasteiger partial charge in [0.1, 0.15) is 17.4 Å². The number of ether oxygens (including phenoxy) is 3. The number of aliphatic hydroxyl groups is 1. The Balaban J connectivity index is 1.53. The third-order valence-electron chi connectivity index (χ3n) is 10.1. The second-order valence-corrected chi connectivity index (χ2v) is 13.0. The molecule has 1 saturated heterocycles. The first-order valence-corrected chi connectivity index (χ1v) is 13.3. The van der Waals surface area contributed by atoms with Crippen molar-refractivity contribution >= 4 is 11.8 Å². The van der Waals surface area contributed by atoms with E-state index < -0.39 is 35.0 Å². The van der Waals surface area contributed by atoms with Crippen molar-refractivity contribution in [1.29, 1.82) is 0 Å². The highest BCUT2D eigenvalue weighted by molar-refractivity contribution is 5.96. The molecule has 5 aliphatic rings. The summed E-state index contributed by atoms with van der Waals surface area (Å²) in [6.07, 6.45) is 2.71. The van der Waals surface area contributed by atoms with Gasteiger partial charge in [0.2, 0.25) is 0 Å². The summed E-state index contributed by atoms with van der Waals surface area (Å²) in [6.45, 7) is 15.5. The molecule has 4 aliphatic carbocycles. The van der Waals surface area contributed by atoms with Gasteiger partial charge in [0.15, 0.2) is 23.3 Å². The van der Waals surface area contributed by atoms with Crippen LogP contribution in [0.25, 0.3) is 0 Å². The molecule has 1 aromatic heterocycles. The van der Waals surface area contributed by atoms with E-state index in [1.165, 1.54) is 0 Å². The smallest absolute Gasteiger partial charge is 0.344 e. The molecule has 1 spiro atoms. The van der Waals surface area contributed by atoms with E-state index in [-0.39, 0.29) is 41.1 Å². The SMILES string of the molecule is CC1=CC23C(=O)[C@@H](C=C4COC(C)(C)O[C@H]4[C@]2(O)[C@H]1OC(=O)c1c(C)noc1C)[C@H]1[C@@H](CC3C)C1(C)C. The highest BCUT2D eigenvalue weighted by Gasteiger charge is 2.77. The maximum absolute atomic E-state index is 14.7. The average Bonchev–Trinajstić information content (AvgIpc) is 3.09. The first-order chi connectivity index (χ1) is 17.2. The minimum Gasteiger partial charge on any atom is -0.451 e. The molecule has 2 saturated carbocycles. The van der Waals surface area contributed by atoms with Crippen LogP contribution in [0.2, 0.25) is 0 Å². The van der Waals surface area contributed by atoms with Gasteiger partial charge in [0.05, 0.1) is 17.7 Å². The van der Waals surface area contributed by atoms with Crippen LogP contribution in [0, 0.1) is 48.3 Å². The molecular formula is C29H37NO7. The number of carbonyl (C=O) groups excluding carboxylic acids is 2. The first kappa shape index (κ1) is 25.0. The number of ketones is 1. The summed E-state index contributed by atoms with van der Waals surface area (Å²) in [5, 5.41) is 16.9. The Kier molecular flexibility index (Phi) is 5.02. The Morgan fingerprint density at radius 1 is 1.19 bits per heavy atom.